The number of carbonyl (C=O) groups excluding carboxylic acids is 1. The van der Waals surface area contributed by atoms with Crippen molar-refractivity contribution < 1.29 is 17.9 Å². The molecule has 1 atom stereocenters. The molecule has 0 bridgehead atoms. The van der Waals surface area contributed by atoms with Crippen LogP contribution in [0, 0.1) is 0 Å². The predicted octanol–water partition coefficient (Wildman–Crippen LogP) is 4.55. The Morgan fingerprint density at radius 1 is 1.06 bits per heavy atom. The maximum Gasteiger partial charge on any atom is 0.324 e. The zero-order chi connectivity index (χ0) is 22.7. The fourth-order valence-electron chi connectivity index (χ4n) is 3.66. The molecule has 3 aromatic carbocycles. The van der Waals surface area contributed by atoms with Crippen molar-refractivity contribution in [2.75, 3.05) is 7.11 Å². The number of ether oxygens (including phenoxy) is 1. The molecular weight excluding hydrogens is 448 g/mol. The van der Waals surface area contributed by atoms with Gasteiger partial charge in [-0.05, 0) is 29.3 Å². The summed E-state index contributed by atoms with van der Waals surface area (Å²) in [7, 11) is -2.89. The molecule has 0 spiro atoms. The number of rotatable bonds is 7. The fourth-order valence-corrected chi connectivity index (χ4v) is 5.34. The van der Waals surface area contributed by atoms with Gasteiger partial charge < -0.3 is 9.72 Å². The number of aromatic amines is 1. The number of halogens is 1. The number of hydrogen-bond donors (Lipinski definition) is 2. The van der Waals surface area contributed by atoms with E-state index in [2.05, 4.69) is 9.71 Å². The first-order valence-corrected chi connectivity index (χ1v) is 11.8. The lowest BCUT2D eigenvalue weighted by Crippen LogP contribution is -2.43. The highest BCUT2D eigenvalue weighted by Gasteiger charge is 2.29. The van der Waals surface area contributed by atoms with Crippen LogP contribution in [0.1, 0.15) is 5.56 Å². The molecule has 0 aliphatic carbocycles. The highest BCUT2D eigenvalue weighted by atomic mass is 35.5. The summed E-state index contributed by atoms with van der Waals surface area (Å²) in [6.45, 7) is 0. The molecule has 32 heavy (non-hydrogen) atoms. The van der Waals surface area contributed by atoms with E-state index in [1.54, 1.807) is 18.3 Å². The summed E-state index contributed by atoms with van der Waals surface area (Å²) in [5.41, 5.74) is 2.90. The topological polar surface area (TPSA) is 88.3 Å². The van der Waals surface area contributed by atoms with Crippen LogP contribution in [0.15, 0.2) is 83.9 Å². The molecule has 6 nitrogen and oxygen atoms in total. The Hall–Kier alpha value is -3.13. The van der Waals surface area contributed by atoms with Gasteiger partial charge in [0.05, 0.1) is 12.0 Å². The van der Waals surface area contributed by atoms with E-state index in [4.69, 9.17) is 16.3 Å². The standard InChI is InChI=1S/C24H21ClN2O4S/c1-31-24(28)22(13-17-15-26-21-10-6-5-9-19(17)21)27-32(29,30)23-14-18(25)11-12-20(23)16-7-3-2-4-8-16/h2-12,14-15,22,26-27H,13H2,1H3/t22-/m1/s1. The van der Waals surface area contributed by atoms with Gasteiger partial charge in [0.1, 0.15) is 6.04 Å². The highest BCUT2D eigenvalue weighted by molar-refractivity contribution is 7.89. The molecule has 0 aliphatic heterocycles. The van der Waals surface area contributed by atoms with Crippen molar-refractivity contribution in [2.24, 2.45) is 0 Å². The van der Waals surface area contributed by atoms with Crippen LogP contribution in [0.3, 0.4) is 0 Å². The van der Waals surface area contributed by atoms with Crippen molar-refractivity contribution >= 4 is 38.5 Å². The van der Waals surface area contributed by atoms with Crippen molar-refractivity contribution in [1.82, 2.24) is 9.71 Å². The molecule has 2 N–H and O–H groups in total. The van der Waals surface area contributed by atoms with Crippen molar-refractivity contribution in [1.29, 1.82) is 0 Å². The SMILES string of the molecule is COC(=O)[C@@H](Cc1c[nH]c2ccccc12)NS(=O)(=O)c1cc(Cl)ccc1-c1ccccc1. The van der Waals surface area contributed by atoms with Crippen molar-refractivity contribution in [3.63, 3.8) is 0 Å². The number of fused-ring (bicyclic) bond motifs is 1. The molecule has 0 amide bonds. The number of aromatic nitrogens is 1. The first-order chi connectivity index (χ1) is 15.4. The van der Waals surface area contributed by atoms with Crippen molar-refractivity contribution in [3.05, 3.63) is 89.6 Å². The molecule has 4 aromatic rings. The van der Waals surface area contributed by atoms with Crippen LogP contribution in [-0.2, 0) is 26.0 Å². The lowest BCUT2D eigenvalue weighted by molar-refractivity contribution is -0.142. The molecule has 0 saturated heterocycles. The van der Waals surface area contributed by atoms with E-state index in [0.717, 1.165) is 22.0 Å². The number of nitrogens with one attached hydrogen (secondary N) is 2. The van der Waals surface area contributed by atoms with Crippen molar-refractivity contribution in [2.45, 2.75) is 17.4 Å². The fraction of sp³-hybridized carbons (Fsp3) is 0.125. The first kappa shape index (κ1) is 22.1. The van der Waals surface area contributed by atoms with E-state index in [1.165, 1.54) is 13.2 Å². The van der Waals surface area contributed by atoms with Gasteiger partial charge in [0.25, 0.3) is 0 Å². The van der Waals surface area contributed by atoms with Crippen LogP contribution in [0.2, 0.25) is 5.02 Å². The van der Waals surface area contributed by atoms with E-state index in [9.17, 15) is 13.2 Å². The number of hydrogen-bond acceptors (Lipinski definition) is 4. The maximum atomic E-state index is 13.4. The number of carbonyl (C=O) groups is 1. The number of para-hydroxylation sites is 1. The molecule has 1 heterocycles. The van der Waals surface area contributed by atoms with Crippen LogP contribution < -0.4 is 4.72 Å². The quantitative estimate of drug-likeness (QED) is 0.389. The predicted molar refractivity (Wildman–Crippen MR) is 125 cm³/mol. The molecule has 0 fully saturated rings. The van der Waals surface area contributed by atoms with Crippen LogP contribution >= 0.6 is 11.6 Å². The Kier molecular flexibility index (Phi) is 6.32. The van der Waals surface area contributed by atoms with Crippen LogP contribution in [0.5, 0.6) is 0 Å². The Morgan fingerprint density at radius 3 is 2.53 bits per heavy atom. The second-order valence-electron chi connectivity index (χ2n) is 7.27. The molecule has 0 unspecified atom stereocenters. The van der Waals surface area contributed by atoms with E-state index < -0.39 is 22.0 Å². The summed E-state index contributed by atoms with van der Waals surface area (Å²) in [5.74, 6) is -0.679. The van der Waals surface area contributed by atoms with Crippen LogP contribution in [0.25, 0.3) is 22.0 Å². The minimum absolute atomic E-state index is 0.0102. The average Bonchev–Trinajstić information content (AvgIpc) is 3.21. The monoisotopic (exact) mass is 468 g/mol. The molecule has 4 rings (SSSR count). The lowest BCUT2D eigenvalue weighted by atomic mass is 10.1. The van der Waals surface area contributed by atoms with Gasteiger partial charge in [0.2, 0.25) is 10.0 Å². The third-order valence-corrected chi connectivity index (χ3v) is 6.95. The van der Waals surface area contributed by atoms with E-state index in [1.807, 2.05) is 54.6 Å². The Balaban J connectivity index is 1.71. The number of esters is 1. The lowest BCUT2D eigenvalue weighted by Gasteiger charge is -2.18. The molecular formula is C24H21ClN2O4S. The van der Waals surface area contributed by atoms with Gasteiger partial charge in [0, 0.05) is 34.1 Å². The zero-order valence-corrected chi connectivity index (χ0v) is 18.8. The summed E-state index contributed by atoms with van der Waals surface area (Å²) in [6, 6.07) is 20.3. The second kappa shape index (κ2) is 9.16. The first-order valence-electron chi connectivity index (χ1n) is 9.89. The van der Waals surface area contributed by atoms with Gasteiger partial charge in [-0.15, -0.1) is 0 Å². The third-order valence-electron chi connectivity index (χ3n) is 5.20. The minimum Gasteiger partial charge on any atom is -0.468 e. The second-order valence-corrected chi connectivity index (χ2v) is 9.39. The maximum absolute atomic E-state index is 13.4. The molecule has 1 aromatic heterocycles. The number of H-pyrrole nitrogens is 1. The normalized spacial score (nSPS) is 12.6. The van der Waals surface area contributed by atoms with Gasteiger partial charge in [-0.1, -0.05) is 66.2 Å². The Morgan fingerprint density at radius 2 is 1.78 bits per heavy atom. The molecule has 0 radical (unpaired) electrons. The Labute approximate surface area is 191 Å². The minimum atomic E-state index is -4.12. The largest absolute Gasteiger partial charge is 0.468 e. The number of methoxy groups -OCH3 is 1. The van der Waals surface area contributed by atoms with Crippen molar-refractivity contribution in [3.8, 4) is 11.1 Å². The van der Waals surface area contributed by atoms with E-state index >= 15 is 0 Å². The van der Waals surface area contributed by atoms with E-state index in [0.29, 0.717) is 5.56 Å². The van der Waals surface area contributed by atoms with Crippen LogP contribution in [0.4, 0.5) is 0 Å². The highest BCUT2D eigenvalue weighted by Crippen LogP contribution is 2.30. The number of benzene rings is 3. The summed E-state index contributed by atoms with van der Waals surface area (Å²) < 4.78 is 34.2. The van der Waals surface area contributed by atoms with Gasteiger partial charge in [0.15, 0.2) is 0 Å². The summed E-state index contributed by atoms with van der Waals surface area (Å²) in [6.07, 6.45) is 1.89. The third kappa shape index (κ3) is 4.55. The summed E-state index contributed by atoms with van der Waals surface area (Å²) in [5, 5.41) is 1.18. The molecule has 8 heteroatoms. The average molecular weight is 469 g/mol. The zero-order valence-electron chi connectivity index (χ0n) is 17.2. The summed E-state index contributed by atoms with van der Waals surface area (Å²) >= 11 is 6.13. The smallest absolute Gasteiger partial charge is 0.324 e. The summed E-state index contributed by atoms with van der Waals surface area (Å²) in [4.78, 5) is 15.6. The van der Waals surface area contributed by atoms with Gasteiger partial charge in [-0.3, -0.25) is 4.79 Å². The van der Waals surface area contributed by atoms with Crippen LogP contribution in [-0.4, -0.2) is 32.5 Å². The van der Waals surface area contributed by atoms with Gasteiger partial charge in [-0.25, -0.2) is 8.42 Å². The number of sulfonamides is 1. The molecule has 0 aliphatic rings. The van der Waals surface area contributed by atoms with E-state index in [-0.39, 0.29) is 16.3 Å². The molecule has 164 valence electrons. The Bertz CT molecular complexity index is 1370. The van der Waals surface area contributed by atoms with Gasteiger partial charge in [-0.2, -0.15) is 4.72 Å². The van der Waals surface area contributed by atoms with Gasteiger partial charge >= 0.3 is 5.97 Å². The molecule has 0 saturated carbocycles.